The number of nitrogens with two attached hydrogens (primary N) is 1. The second-order valence-corrected chi connectivity index (χ2v) is 4.00. The molecule has 82 valence electrons. The van der Waals surface area contributed by atoms with E-state index in [0.717, 1.165) is 12.8 Å². The van der Waals surface area contributed by atoms with E-state index in [2.05, 4.69) is 5.32 Å². The van der Waals surface area contributed by atoms with E-state index in [9.17, 15) is 9.59 Å². The maximum absolute atomic E-state index is 11.4. The molecule has 0 spiro atoms. The monoisotopic (exact) mass is 209 g/mol. The van der Waals surface area contributed by atoms with Gasteiger partial charge in [0.15, 0.2) is 0 Å². The zero-order chi connectivity index (χ0) is 11.4. The van der Waals surface area contributed by atoms with Crippen LogP contribution in [0.15, 0.2) is 0 Å². The van der Waals surface area contributed by atoms with E-state index >= 15 is 0 Å². The lowest BCUT2D eigenvalue weighted by Crippen LogP contribution is -2.48. The Morgan fingerprint density at radius 2 is 2.20 bits per heavy atom. The summed E-state index contributed by atoms with van der Waals surface area (Å²) in [6, 6.07) is 1.24. The van der Waals surface area contributed by atoms with E-state index in [4.69, 9.17) is 11.0 Å². The highest BCUT2D eigenvalue weighted by atomic mass is 16.2. The van der Waals surface area contributed by atoms with Crippen molar-refractivity contribution in [2.75, 3.05) is 0 Å². The number of hydrogen-bond donors (Lipinski definition) is 2. The first kappa shape index (κ1) is 11.5. The fraction of sp³-hybridized carbons (Fsp3) is 0.700. The summed E-state index contributed by atoms with van der Waals surface area (Å²) < 4.78 is 0. The van der Waals surface area contributed by atoms with Crippen molar-refractivity contribution < 1.29 is 9.59 Å². The van der Waals surface area contributed by atoms with Gasteiger partial charge in [-0.05, 0) is 18.8 Å². The van der Waals surface area contributed by atoms with Crippen molar-refractivity contribution in [2.24, 2.45) is 17.6 Å². The highest BCUT2D eigenvalue weighted by Gasteiger charge is 2.33. The Labute approximate surface area is 88.6 Å². The first-order chi connectivity index (χ1) is 7.06. The number of rotatable bonds is 5. The molecule has 0 aromatic rings. The molecule has 0 aromatic carbocycles. The number of hydrogen-bond acceptors (Lipinski definition) is 3. The number of amides is 2. The van der Waals surface area contributed by atoms with Crippen molar-refractivity contribution in [1.82, 2.24) is 5.32 Å². The van der Waals surface area contributed by atoms with Gasteiger partial charge in [0.05, 0.1) is 6.07 Å². The van der Waals surface area contributed by atoms with E-state index in [1.807, 2.05) is 6.07 Å². The Kier molecular flexibility index (Phi) is 3.67. The van der Waals surface area contributed by atoms with Crippen LogP contribution in [-0.2, 0) is 9.59 Å². The molecule has 2 atom stereocenters. The molecule has 1 aliphatic carbocycles. The van der Waals surface area contributed by atoms with Gasteiger partial charge in [0, 0.05) is 12.3 Å². The highest BCUT2D eigenvalue weighted by Crippen LogP contribution is 2.29. The molecule has 0 bridgehead atoms. The molecule has 0 heterocycles. The summed E-state index contributed by atoms with van der Waals surface area (Å²) in [7, 11) is 0. The Balaban J connectivity index is 2.53. The summed E-state index contributed by atoms with van der Waals surface area (Å²) in [6.45, 7) is 1.73. The molecule has 1 rings (SSSR count). The van der Waals surface area contributed by atoms with E-state index < -0.39 is 11.9 Å². The first-order valence-corrected chi connectivity index (χ1v) is 5.03. The predicted molar refractivity (Wildman–Crippen MR) is 53.2 cm³/mol. The molecule has 1 fully saturated rings. The Bertz CT molecular complexity index is 304. The third kappa shape index (κ3) is 3.24. The Morgan fingerprint density at radius 1 is 1.60 bits per heavy atom. The van der Waals surface area contributed by atoms with E-state index in [1.165, 1.54) is 0 Å². The van der Waals surface area contributed by atoms with Gasteiger partial charge in [0.2, 0.25) is 11.8 Å². The summed E-state index contributed by atoms with van der Waals surface area (Å²) in [5.41, 5.74) is 5.17. The Hall–Kier alpha value is -1.57. The minimum atomic E-state index is -0.724. The lowest BCUT2D eigenvalue weighted by molar-refractivity contribution is -0.129. The molecule has 0 unspecified atom stereocenters. The maximum atomic E-state index is 11.4. The second-order valence-electron chi connectivity index (χ2n) is 4.00. The molecule has 5 nitrogen and oxygen atoms in total. The lowest BCUT2D eigenvalue weighted by atomic mass is 9.98. The van der Waals surface area contributed by atoms with Gasteiger partial charge >= 0.3 is 0 Å². The minimum Gasteiger partial charge on any atom is -0.368 e. The van der Waals surface area contributed by atoms with Crippen LogP contribution in [0.1, 0.15) is 26.2 Å². The second kappa shape index (κ2) is 4.78. The van der Waals surface area contributed by atoms with Crippen LogP contribution in [0.5, 0.6) is 0 Å². The quantitative estimate of drug-likeness (QED) is 0.662. The molecule has 15 heavy (non-hydrogen) atoms. The number of carbonyl (C=O) groups is 2. The summed E-state index contributed by atoms with van der Waals surface area (Å²) in [4.78, 5) is 22.5. The zero-order valence-electron chi connectivity index (χ0n) is 8.69. The average Bonchev–Trinajstić information content (AvgIpc) is 2.96. The van der Waals surface area contributed by atoms with Gasteiger partial charge in [-0.2, -0.15) is 5.26 Å². The van der Waals surface area contributed by atoms with Crippen LogP contribution in [-0.4, -0.2) is 17.9 Å². The van der Waals surface area contributed by atoms with Crippen molar-refractivity contribution in [3.63, 3.8) is 0 Å². The van der Waals surface area contributed by atoms with Crippen LogP contribution in [0.3, 0.4) is 0 Å². The van der Waals surface area contributed by atoms with Gasteiger partial charge in [0.25, 0.3) is 0 Å². The number of primary amides is 1. The highest BCUT2D eigenvalue weighted by molar-refractivity contribution is 5.88. The average molecular weight is 209 g/mol. The molecule has 1 aliphatic rings. The van der Waals surface area contributed by atoms with Crippen LogP contribution in [0.4, 0.5) is 0 Å². The van der Waals surface area contributed by atoms with Crippen molar-refractivity contribution in [2.45, 2.75) is 32.2 Å². The van der Waals surface area contributed by atoms with Gasteiger partial charge in [-0.15, -0.1) is 0 Å². The fourth-order valence-electron chi connectivity index (χ4n) is 1.37. The summed E-state index contributed by atoms with van der Waals surface area (Å²) >= 11 is 0. The maximum Gasteiger partial charge on any atom is 0.240 e. The zero-order valence-corrected chi connectivity index (χ0v) is 8.69. The fourth-order valence-corrected chi connectivity index (χ4v) is 1.37. The van der Waals surface area contributed by atoms with Gasteiger partial charge in [0.1, 0.15) is 6.04 Å². The van der Waals surface area contributed by atoms with E-state index in [0.29, 0.717) is 0 Å². The molecule has 0 aliphatic heterocycles. The van der Waals surface area contributed by atoms with Gasteiger partial charge in [-0.25, -0.2) is 0 Å². The molecule has 0 saturated heterocycles. The number of carbonyl (C=O) groups excluding carboxylic acids is 2. The predicted octanol–water partition coefficient (Wildman–Crippen LogP) is -0.0837. The van der Waals surface area contributed by atoms with Gasteiger partial charge < -0.3 is 11.1 Å². The van der Waals surface area contributed by atoms with Crippen LogP contribution < -0.4 is 11.1 Å². The van der Waals surface area contributed by atoms with Gasteiger partial charge in [-0.1, -0.05) is 6.92 Å². The van der Waals surface area contributed by atoms with Crippen molar-refractivity contribution in [1.29, 1.82) is 5.26 Å². The van der Waals surface area contributed by atoms with Crippen LogP contribution in [0.2, 0.25) is 0 Å². The third-order valence-electron chi connectivity index (χ3n) is 2.53. The Morgan fingerprint density at radius 3 is 2.60 bits per heavy atom. The van der Waals surface area contributed by atoms with Crippen molar-refractivity contribution in [3.8, 4) is 6.07 Å². The molecule has 0 radical (unpaired) electrons. The molecule has 0 aromatic heterocycles. The first-order valence-electron chi connectivity index (χ1n) is 5.03. The molecule has 2 amide bonds. The smallest absolute Gasteiger partial charge is 0.240 e. The van der Waals surface area contributed by atoms with E-state index in [-0.39, 0.29) is 24.2 Å². The molecule has 5 heteroatoms. The van der Waals surface area contributed by atoms with Crippen LogP contribution >= 0.6 is 0 Å². The minimum absolute atomic E-state index is 0.0427. The van der Waals surface area contributed by atoms with Crippen molar-refractivity contribution in [3.05, 3.63) is 0 Å². The third-order valence-corrected chi connectivity index (χ3v) is 2.53. The van der Waals surface area contributed by atoms with Crippen molar-refractivity contribution >= 4 is 11.8 Å². The summed E-state index contributed by atoms with van der Waals surface area (Å²) in [5, 5.41) is 11.1. The number of nitrogens with one attached hydrogen (secondary N) is 1. The van der Waals surface area contributed by atoms with Gasteiger partial charge in [-0.3, -0.25) is 9.59 Å². The van der Waals surface area contributed by atoms with Crippen LogP contribution in [0, 0.1) is 23.2 Å². The molecule has 3 N–H and O–H groups in total. The normalized spacial score (nSPS) is 18.7. The topological polar surface area (TPSA) is 96.0 Å². The molecule has 1 saturated carbocycles. The molecular weight excluding hydrogens is 194 g/mol. The van der Waals surface area contributed by atoms with Crippen LogP contribution in [0.25, 0.3) is 0 Å². The number of nitriles is 1. The largest absolute Gasteiger partial charge is 0.368 e. The van der Waals surface area contributed by atoms with E-state index in [1.54, 1.807) is 6.92 Å². The summed E-state index contributed by atoms with van der Waals surface area (Å²) in [6.07, 6.45) is 1.96. The standard InChI is InChI=1S/C10H15N3O2/c1-6(4-5-11)8(9(12)14)13-10(15)7-2-3-7/h6-8H,2-4H2,1H3,(H2,12,14)(H,13,15)/t6-,8+/m0/s1. The lowest BCUT2D eigenvalue weighted by Gasteiger charge is -2.20. The number of nitrogens with zero attached hydrogens (tertiary/aromatic N) is 1. The SMILES string of the molecule is C[C@@H](CC#N)[C@@H](NC(=O)C1CC1)C(N)=O. The molecular formula is C10H15N3O2. The summed E-state index contributed by atoms with van der Waals surface area (Å²) in [5.74, 6) is -0.897.